The van der Waals surface area contributed by atoms with Crippen LogP contribution in [0.4, 0.5) is 0 Å². The van der Waals surface area contributed by atoms with E-state index in [1.54, 1.807) is 6.20 Å². The maximum absolute atomic E-state index is 10.8. The number of fused-ring (bicyclic) bond motifs is 1. The number of carbonyl (C=O) groups is 1. The normalized spacial score (nSPS) is 10.9. The van der Waals surface area contributed by atoms with Crippen molar-refractivity contribution in [1.82, 2.24) is 14.4 Å². The zero-order valence-electron chi connectivity index (χ0n) is 9.12. The summed E-state index contributed by atoms with van der Waals surface area (Å²) < 4.78 is 1.93. The first-order chi connectivity index (χ1) is 8.29. The SMILES string of the molecule is Cc1c(C=O)sc2nc(-c3ccccn3)cn12. The number of thiazole rings is 1. The highest BCUT2D eigenvalue weighted by molar-refractivity contribution is 7.18. The van der Waals surface area contributed by atoms with Crippen LogP contribution in [0.2, 0.25) is 0 Å². The Hall–Kier alpha value is -2.01. The summed E-state index contributed by atoms with van der Waals surface area (Å²) >= 11 is 1.40. The predicted octanol–water partition coefficient (Wildman–Crippen LogP) is 2.58. The van der Waals surface area contributed by atoms with Gasteiger partial charge in [-0.15, -0.1) is 0 Å². The van der Waals surface area contributed by atoms with Gasteiger partial charge >= 0.3 is 0 Å². The van der Waals surface area contributed by atoms with Gasteiger partial charge in [-0.1, -0.05) is 17.4 Å². The quantitative estimate of drug-likeness (QED) is 0.650. The molecule has 0 spiro atoms. The Morgan fingerprint density at radius 1 is 1.35 bits per heavy atom. The molecule has 0 aromatic carbocycles. The lowest BCUT2D eigenvalue weighted by Gasteiger charge is -1.93. The highest BCUT2D eigenvalue weighted by Crippen LogP contribution is 2.24. The molecule has 3 aromatic rings. The fourth-order valence-electron chi connectivity index (χ4n) is 1.71. The number of aromatic nitrogens is 3. The molecule has 5 heteroatoms. The molecule has 0 aliphatic rings. The summed E-state index contributed by atoms with van der Waals surface area (Å²) in [6, 6.07) is 5.72. The first-order valence-corrected chi connectivity index (χ1v) is 5.96. The molecule has 0 fully saturated rings. The molecule has 0 radical (unpaired) electrons. The summed E-state index contributed by atoms with van der Waals surface area (Å²) in [5.74, 6) is 0. The fraction of sp³-hybridized carbons (Fsp3) is 0.0833. The minimum absolute atomic E-state index is 0.722. The van der Waals surface area contributed by atoms with Gasteiger partial charge in [0.25, 0.3) is 0 Å². The van der Waals surface area contributed by atoms with Gasteiger partial charge in [-0.05, 0) is 19.1 Å². The van der Waals surface area contributed by atoms with Gasteiger partial charge < -0.3 is 0 Å². The highest BCUT2D eigenvalue weighted by Gasteiger charge is 2.12. The van der Waals surface area contributed by atoms with E-state index in [-0.39, 0.29) is 0 Å². The van der Waals surface area contributed by atoms with E-state index in [0.717, 1.165) is 33.2 Å². The van der Waals surface area contributed by atoms with Crippen LogP contribution in [0.1, 0.15) is 15.4 Å². The molecule has 84 valence electrons. The third-order valence-corrected chi connectivity index (χ3v) is 3.71. The predicted molar refractivity (Wildman–Crippen MR) is 66.4 cm³/mol. The van der Waals surface area contributed by atoms with Gasteiger partial charge in [0, 0.05) is 18.1 Å². The van der Waals surface area contributed by atoms with Crippen LogP contribution in [0, 0.1) is 6.92 Å². The molecule has 0 N–H and O–H groups in total. The average Bonchev–Trinajstić information content (AvgIpc) is 2.90. The molecule has 0 aliphatic carbocycles. The first kappa shape index (κ1) is 10.2. The van der Waals surface area contributed by atoms with E-state index >= 15 is 0 Å². The number of imidazole rings is 1. The lowest BCUT2D eigenvalue weighted by molar-refractivity contribution is 0.112. The Balaban J connectivity index is 2.19. The molecule has 0 saturated heterocycles. The number of hydrogen-bond acceptors (Lipinski definition) is 4. The third kappa shape index (κ3) is 1.55. The number of pyridine rings is 1. The summed E-state index contributed by atoms with van der Waals surface area (Å²) in [6.07, 6.45) is 4.53. The van der Waals surface area contributed by atoms with Crippen molar-refractivity contribution in [2.24, 2.45) is 0 Å². The molecule has 0 bridgehead atoms. The van der Waals surface area contributed by atoms with E-state index < -0.39 is 0 Å². The minimum Gasteiger partial charge on any atom is -0.297 e. The summed E-state index contributed by atoms with van der Waals surface area (Å²) in [5, 5.41) is 0. The number of aldehydes is 1. The van der Waals surface area contributed by atoms with Crippen molar-refractivity contribution in [3.8, 4) is 11.4 Å². The zero-order chi connectivity index (χ0) is 11.8. The van der Waals surface area contributed by atoms with E-state index in [2.05, 4.69) is 9.97 Å². The average molecular weight is 243 g/mol. The van der Waals surface area contributed by atoms with Crippen LogP contribution in [0.3, 0.4) is 0 Å². The van der Waals surface area contributed by atoms with Gasteiger partial charge in [0.15, 0.2) is 11.2 Å². The monoisotopic (exact) mass is 243 g/mol. The maximum Gasteiger partial charge on any atom is 0.195 e. The maximum atomic E-state index is 10.8. The molecule has 3 rings (SSSR count). The fourth-order valence-corrected chi connectivity index (χ4v) is 2.64. The van der Waals surface area contributed by atoms with Gasteiger partial charge in [-0.25, -0.2) is 4.98 Å². The van der Waals surface area contributed by atoms with Gasteiger partial charge in [0.1, 0.15) is 5.69 Å². The molecule has 0 unspecified atom stereocenters. The molecule has 3 aromatic heterocycles. The minimum atomic E-state index is 0.722. The number of nitrogens with zero attached hydrogens (tertiary/aromatic N) is 3. The number of carbonyl (C=O) groups excluding carboxylic acids is 1. The molecule has 3 heterocycles. The van der Waals surface area contributed by atoms with Crippen molar-refractivity contribution in [3.05, 3.63) is 41.2 Å². The van der Waals surface area contributed by atoms with Crippen molar-refractivity contribution in [2.75, 3.05) is 0 Å². The molecule has 17 heavy (non-hydrogen) atoms. The molecular formula is C12H9N3OS. The van der Waals surface area contributed by atoms with E-state index in [1.165, 1.54) is 11.3 Å². The summed E-state index contributed by atoms with van der Waals surface area (Å²) in [4.78, 5) is 21.1. The van der Waals surface area contributed by atoms with Gasteiger partial charge in [0.2, 0.25) is 0 Å². The molecule has 0 aliphatic heterocycles. The second kappa shape index (κ2) is 3.78. The van der Waals surface area contributed by atoms with Crippen LogP contribution in [-0.4, -0.2) is 20.7 Å². The Kier molecular flexibility index (Phi) is 2.26. The second-order valence-corrected chi connectivity index (χ2v) is 4.67. The van der Waals surface area contributed by atoms with Crippen LogP contribution < -0.4 is 0 Å². The van der Waals surface area contributed by atoms with Crippen molar-refractivity contribution in [1.29, 1.82) is 0 Å². The van der Waals surface area contributed by atoms with Crippen LogP contribution in [0.15, 0.2) is 30.6 Å². The zero-order valence-corrected chi connectivity index (χ0v) is 9.94. The van der Waals surface area contributed by atoms with Crippen LogP contribution >= 0.6 is 11.3 Å². The number of hydrogen-bond donors (Lipinski definition) is 0. The lowest BCUT2D eigenvalue weighted by Crippen LogP contribution is -1.85. The summed E-state index contributed by atoms with van der Waals surface area (Å²) in [5.41, 5.74) is 2.60. The highest BCUT2D eigenvalue weighted by atomic mass is 32.1. The van der Waals surface area contributed by atoms with Crippen LogP contribution in [-0.2, 0) is 0 Å². The topological polar surface area (TPSA) is 47.3 Å². The van der Waals surface area contributed by atoms with Gasteiger partial charge in [-0.3, -0.25) is 14.2 Å². The van der Waals surface area contributed by atoms with Gasteiger partial charge in [0.05, 0.1) is 10.6 Å². The summed E-state index contributed by atoms with van der Waals surface area (Å²) in [7, 11) is 0. The van der Waals surface area contributed by atoms with E-state index in [9.17, 15) is 4.79 Å². The standard InChI is InChI=1S/C12H9N3OS/c1-8-11(7-16)17-12-14-10(6-15(8)12)9-4-2-3-5-13-9/h2-7H,1H3. The largest absolute Gasteiger partial charge is 0.297 e. The Morgan fingerprint density at radius 3 is 2.88 bits per heavy atom. The first-order valence-electron chi connectivity index (χ1n) is 5.14. The Morgan fingerprint density at radius 2 is 2.24 bits per heavy atom. The third-order valence-electron chi connectivity index (χ3n) is 2.63. The van der Waals surface area contributed by atoms with Crippen molar-refractivity contribution < 1.29 is 4.79 Å². The van der Waals surface area contributed by atoms with Crippen molar-refractivity contribution in [3.63, 3.8) is 0 Å². The van der Waals surface area contributed by atoms with Crippen molar-refractivity contribution >= 4 is 22.6 Å². The Bertz CT molecular complexity index is 684. The smallest absolute Gasteiger partial charge is 0.195 e. The van der Waals surface area contributed by atoms with E-state index in [0.29, 0.717) is 0 Å². The number of aryl methyl sites for hydroxylation is 1. The number of rotatable bonds is 2. The van der Waals surface area contributed by atoms with Crippen LogP contribution in [0.25, 0.3) is 16.3 Å². The van der Waals surface area contributed by atoms with E-state index in [4.69, 9.17) is 0 Å². The van der Waals surface area contributed by atoms with Crippen LogP contribution in [0.5, 0.6) is 0 Å². The second-order valence-electron chi connectivity index (χ2n) is 3.66. The molecule has 0 saturated carbocycles. The Labute approximate surface area is 102 Å². The molecular weight excluding hydrogens is 234 g/mol. The van der Waals surface area contributed by atoms with E-state index in [1.807, 2.05) is 35.7 Å². The van der Waals surface area contributed by atoms with Crippen molar-refractivity contribution in [2.45, 2.75) is 6.92 Å². The summed E-state index contributed by atoms with van der Waals surface area (Å²) in [6.45, 7) is 1.91. The molecule has 0 amide bonds. The lowest BCUT2D eigenvalue weighted by atomic mass is 10.3. The van der Waals surface area contributed by atoms with Gasteiger partial charge in [-0.2, -0.15) is 0 Å². The molecule has 4 nitrogen and oxygen atoms in total. The molecule has 0 atom stereocenters.